The van der Waals surface area contributed by atoms with E-state index in [1.807, 2.05) is 13.0 Å². The number of nitrogens with zero attached hydrogens (tertiary/aromatic N) is 1. The lowest BCUT2D eigenvalue weighted by Crippen LogP contribution is -2.42. The first-order valence-electron chi connectivity index (χ1n) is 10.2. The monoisotopic (exact) mass is 426 g/mol. The maximum atomic E-state index is 12.4. The average molecular weight is 427 g/mol. The van der Waals surface area contributed by atoms with Crippen LogP contribution < -0.4 is 15.4 Å². The van der Waals surface area contributed by atoms with E-state index in [0.29, 0.717) is 24.6 Å². The van der Waals surface area contributed by atoms with Crippen molar-refractivity contribution in [2.24, 2.45) is 10.4 Å². The van der Waals surface area contributed by atoms with Crippen LogP contribution in [0.15, 0.2) is 34.2 Å². The Bertz CT molecular complexity index is 743. The minimum absolute atomic E-state index is 0.234. The first-order valence-corrected chi connectivity index (χ1v) is 11.7. The Morgan fingerprint density at radius 1 is 1.28 bits per heavy atom. The van der Waals surface area contributed by atoms with Crippen LogP contribution in [0.4, 0.5) is 0 Å². The number of hydrogen-bond donors (Lipinski definition) is 3. The standard InChI is InChI=1S/C21H38N4O3S/c1-7-22-20(25-17(2)11-12-21(3,4)5)23-16-18-9-8-10-19(15-18)29(26,27)24-13-14-28-6/h8-10,15,17,24H,7,11-14,16H2,1-6H3,(H2,22,23,25). The van der Waals surface area contributed by atoms with Gasteiger partial charge in [0, 0.05) is 26.2 Å². The molecule has 0 spiro atoms. The number of rotatable bonds is 11. The van der Waals surface area contributed by atoms with E-state index < -0.39 is 10.0 Å². The van der Waals surface area contributed by atoms with Crippen molar-refractivity contribution < 1.29 is 13.2 Å². The van der Waals surface area contributed by atoms with Crippen LogP contribution in [0.5, 0.6) is 0 Å². The molecule has 0 aliphatic carbocycles. The van der Waals surface area contributed by atoms with E-state index in [2.05, 4.69) is 48.0 Å². The van der Waals surface area contributed by atoms with Crippen LogP contribution in [0.2, 0.25) is 0 Å². The zero-order chi connectivity index (χ0) is 21.9. The third-order valence-electron chi connectivity index (χ3n) is 4.28. The molecule has 0 saturated carbocycles. The van der Waals surface area contributed by atoms with E-state index in [0.717, 1.165) is 30.9 Å². The highest BCUT2D eigenvalue weighted by molar-refractivity contribution is 7.89. The summed E-state index contributed by atoms with van der Waals surface area (Å²) in [5, 5.41) is 6.69. The van der Waals surface area contributed by atoms with Crippen LogP contribution in [0.1, 0.15) is 53.0 Å². The average Bonchev–Trinajstić information content (AvgIpc) is 2.64. The van der Waals surface area contributed by atoms with E-state index in [1.165, 1.54) is 7.11 Å². The number of ether oxygens (including phenoxy) is 1. The first kappa shape index (κ1) is 25.4. The number of guanidine groups is 1. The molecule has 1 aromatic rings. The van der Waals surface area contributed by atoms with Crippen molar-refractivity contribution in [3.63, 3.8) is 0 Å². The Labute approximate surface area is 176 Å². The lowest BCUT2D eigenvalue weighted by atomic mass is 9.89. The van der Waals surface area contributed by atoms with Gasteiger partial charge < -0.3 is 15.4 Å². The Kier molecular flexibility index (Phi) is 10.6. The van der Waals surface area contributed by atoms with E-state index in [1.54, 1.807) is 18.2 Å². The predicted molar refractivity (Wildman–Crippen MR) is 120 cm³/mol. The molecular weight excluding hydrogens is 388 g/mol. The van der Waals surface area contributed by atoms with E-state index >= 15 is 0 Å². The molecule has 8 heteroatoms. The highest BCUT2D eigenvalue weighted by Gasteiger charge is 2.15. The van der Waals surface area contributed by atoms with Crippen LogP contribution in [0.3, 0.4) is 0 Å². The van der Waals surface area contributed by atoms with E-state index in [9.17, 15) is 8.42 Å². The molecule has 1 unspecified atom stereocenters. The smallest absolute Gasteiger partial charge is 0.240 e. The fourth-order valence-corrected chi connectivity index (χ4v) is 3.70. The predicted octanol–water partition coefficient (Wildman–Crippen LogP) is 2.88. The minimum Gasteiger partial charge on any atom is -0.383 e. The SMILES string of the molecule is CCNC(=NCc1cccc(S(=O)(=O)NCCOC)c1)NC(C)CCC(C)(C)C. The first-order chi connectivity index (χ1) is 13.6. The number of aliphatic imine (C=N–C) groups is 1. The molecule has 0 bridgehead atoms. The molecule has 3 N–H and O–H groups in total. The van der Waals surface area contributed by atoms with Crippen molar-refractivity contribution in [2.45, 2.75) is 64.9 Å². The van der Waals surface area contributed by atoms with Gasteiger partial charge in [-0.3, -0.25) is 0 Å². The van der Waals surface area contributed by atoms with Gasteiger partial charge in [-0.05, 0) is 49.8 Å². The van der Waals surface area contributed by atoms with Gasteiger partial charge in [-0.25, -0.2) is 18.1 Å². The minimum atomic E-state index is -3.55. The molecule has 7 nitrogen and oxygen atoms in total. The summed E-state index contributed by atoms with van der Waals surface area (Å²) in [5.41, 5.74) is 1.13. The molecule has 1 atom stereocenters. The van der Waals surface area contributed by atoms with Gasteiger partial charge in [0.15, 0.2) is 5.96 Å². The zero-order valence-corrected chi connectivity index (χ0v) is 19.5. The molecule has 0 amide bonds. The van der Waals surface area contributed by atoms with Crippen molar-refractivity contribution in [2.75, 3.05) is 26.8 Å². The molecule has 1 rings (SSSR count). The van der Waals surface area contributed by atoms with Crippen molar-refractivity contribution in [3.8, 4) is 0 Å². The fraction of sp³-hybridized carbons (Fsp3) is 0.667. The molecule has 0 aliphatic heterocycles. The Morgan fingerprint density at radius 2 is 2.00 bits per heavy atom. The quantitative estimate of drug-likeness (QED) is 0.287. The van der Waals surface area contributed by atoms with Crippen LogP contribution in [-0.2, 0) is 21.3 Å². The Balaban J connectivity index is 2.79. The zero-order valence-electron chi connectivity index (χ0n) is 18.7. The van der Waals surface area contributed by atoms with Crippen molar-refractivity contribution >= 4 is 16.0 Å². The molecule has 0 heterocycles. The molecule has 0 aliphatic rings. The number of methoxy groups -OCH3 is 1. The molecule has 0 aromatic heterocycles. The molecule has 29 heavy (non-hydrogen) atoms. The van der Waals surface area contributed by atoms with Crippen molar-refractivity contribution in [1.29, 1.82) is 0 Å². The van der Waals surface area contributed by atoms with Crippen LogP contribution in [0.25, 0.3) is 0 Å². The second kappa shape index (κ2) is 12.1. The summed E-state index contributed by atoms with van der Waals surface area (Å²) in [5.74, 6) is 0.736. The van der Waals surface area contributed by atoms with Crippen molar-refractivity contribution in [1.82, 2.24) is 15.4 Å². The summed E-state index contributed by atoms with van der Waals surface area (Å²) in [6.07, 6.45) is 2.17. The molecule has 0 fully saturated rings. The molecule has 0 radical (unpaired) electrons. The van der Waals surface area contributed by atoms with Gasteiger partial charge in [0.2, 0.25) is 10.0 Å². The molecule has 166 valence electrons. The maximum Gasteiger partial charge on any atom is 0.240 e. The highest BCUT2D eigenvalue weighted by atomic mass is 32.2. The van der Waals surface area contributed by atoms with Gasteiger partial charge >= 0.3 is 0 Å². The van der Waals surface area contributed by atoms with Gasteiger partial charge in [0.05, 0.1) is 18.0 Å². The second-order valence-electron chi connectivity index (χ2n) is 8.38. The number of sulfonamides is 1. The van der Waals surface area contributed by atoms with Gasteiger partial charge in [0.1, 0.15) is 0 Å². The number of benzene rings is 1. The summed E-state index contributed by atoms with van der Waals surface area (Å²) < 4.78 is 32.2. The third kappa shape index (κ3) is 10.6. The molecule has 1 aromatic carbocycles. The van der Waals surface area contributed by atoms with Crippen LogP contribution in [-0.4, -0.2) is 47.2 Å². The largest absolute Gasteiger partial charge is 0.383 e. The van der Waals surface area contributed by atoms with Gasteiger partial charge in [-0.15, -0.1) is 0 Å². The van der Waals surface area contributed by atoms with E-state index in [4.69, 9.17) is 4.74 Å². The summed E-state index contributed by atoms with van der Waals surface area (Å²) in [6.45, 7) is 12.6. The molecule has 0 saturated heterocycles. The van der Waals surface area contributed by atoms with Gasteiger partial charge in [0.25, 0.3) is 0 Å². The number of hydrogen-bond acceptors (Lipinski definition) is 4. The summed E-state index contributed by atoms with van der Waals surface area (Å²) >= 11 is 0. The van der Waals surface area contributed by atoms with Gasteiger partial charge in [-0.1, -0.05) is 32.9 Å². The van der Waals surface area contributed by atoms with Crippen LogP contribution in [0, 0.1) is 5.41 Å². The topological polar surface area (TPSA) is 91.8 Å². The van der Waals surface area contributed by atoms with Gasteiger partial charge in [-0.2, -0.15) is 0 Å². The molecular formula is C21H38N4O3S. The Morgan fingerprint density at radius 3 is 2.62 bits per heavy atom. The maximum absolute atomic E-state index is 12.4. The van der Waals surface area contributed by atoms with E-state index in [-0.39, 0.29) is 11.4 Å². The summed E-state index contributed by atoms with van der Waals surface area (Å²) in [6, 6.07) is 7.15. The van der Waals surface area contributed by atoms with Crippen molar-refractivity contribution in [3.05, 3.63) is 29.8 Å². The third-order valence-corrected chi connectivity index (χ3v) is 5.74. The fourth-order valence-electron chi connectivity index (χ4n) is 2.62. The lowest BCUT2D eigenvalue weighted by Gasteiger charge is -2.23. The lowest BCUT2D eigenvalue weighted by molar-refractivity contribution is 0.204. The summed E-state index contributed by atoms with van der Waals surface area (Å²) in [4.78, 5) is 4.86. The normalized spacial score (nSPS) is 13.9. The highest BCUT2D eigenvalue weighted by Crippen LogP contribution is 2.21. The summed E-state index contributed by atoms with van der Waals surface area (Å²) in [7, 11) is -2.02. The Hall–Kier alpha value is -1.64. The second-order valence-corrected chi connectivity index (χ2v) is 10.1. The van der Waals surface area contributed by atoms with Crippen LogP contribution >= 0.6 is 0 Å². The number of nitrogens with one attached hydrogen (secondary N) is 3.